The van der Waals surface area contributed by atoms with Gasteiger partial charge in [-0.1, -0.05) is 6.07 Å². The first-order valence-corrected chi connectivity index (χ1v) is 8.86. The maximum atomic E-state index is 12.8. The fraction of sp³-hybridized carbons (Fsp3) is 0.579. The molecule has 1 saturated heterocycles. The van der Waals surface area contributed by atoms with Gasteiger partial charge >= 0.3 is 5.97 Å². The Kier molecular flexibility index (Phi) is 2.89. The summed E-state index contributed by atoms with van der Waals surface area (Å²) < 4.78 is 17.8. The number of esters is 1. The van der Waals surface area contributed by atoms with Crippen molar-refractivity contribution in [2.24, 2.45) is 0 Å². The Balaban J connectivity index is 1.84. The fourth-order valence-electron chi connectivity index (χ4n) is 5.82. The van der Waals surface area contributed by atoms with Crippen molar-refractivity contribution in [3.63, 3.8) is 0 Å². The van der Waals surface area contributed by atoms with Crippen LogP contribution in [0.2, 0.25) is 0 Å². The van der Waals surface area contributed by atoms with Gasteiger partial charge in [0.25, 0.3) is 0 Å². The van der Waals surface area contributed by atoms with Crippen LogP contribution in [0, 0.1) is 0 Å². The van der Waals surface area contributed by atoms with E-state index >= 15 is 0 Å². The van der Waals surface area contributed by atoms with Crippen LogP contribution in [0.5, 0.6) is 11.5 Å². The minimum Gasteiger partial charge on any atom is -0.493 e. The van der Waals surface area contributed by atoms with Crippen molar-refractivity contribution in [3.8, 4) is 11.5 Å². The van der Waals surface area contributed by atoms with Gasteiger partial charge in [0, 0.05) is 18.9 Å². The highest BCUT2D eigenvalue weighted by Crippen LogP contribution is 2.64. The van der Waals surface area contributed by atoms with E-state index in [1.807, 2.05) is 6.07 Å². The van der Waals surface area contributed by atoms with Crippen LogP contribution >= 0.6 is 0 Å². The molecule has 2 aliphatic heterocycles. The number of piperidine rings is 1. The first-order valence-electron chi connectivity index (χ1n) is 8.86. The summed E-state index contributed by atoms with van der Waals surface area (Å²) in [6.07, 6.45) is 1.77. The van der Waals surface area contributed by atoms with E-state index in [0.717, 1.165) is 24.1 Å². The Labute approximate surface area is 145 Å². The quantitative estimate of drug-likeness (QED) is 0.816. The molecule has 0 radical (unpaired) electrons. The second-order valence-corrected chi connectivity index (χ2v) is 7.51. The third kappa shape index (κ3) is 1.59. The number of ketones is 1. The number of nitrogens with one attached hydrogen (secondary N) is 1. The minimum atomic E-state index is -0.736. The molecular weight excluding hydrogens is 322 g/mol. The van der Waals surface area contributed by atoms with Crippen molar-refractivity contribution < 1.29 is 23.8 Å². The lowest BCUT2D eigenvalue weighted by molar-refractivity contribution is -0.197. The largest absolute Gasteiger partial charge is 0.493 e. The van der Waals surface area contributed by atoms with Gasteiger partial charge in [0.2, 0.25) is 0 Å². The zero-order valence-electron chi connectivity index (χ0n) is 14.4. The van der Waals surface area contributed by atoms with Gasteiger partial charge in [-0.15, -0.1) is 0 Å². The number of ether oxygens (including phenoxy) is 3. The third-order valence-electron chi connectivity index (χ3n) is 6.57. The van der Waals surface area contributed by atoms with Gasteiger partial charge in [-0.25, -0.2) is 0 Å². The normalized spacial score (nSPS) is 37.1. The highest BCUT2D eigenvalue weighted by atomic mass is 16.6. The Bertz CT molecular complexity index is 805. The van der Waals surface area contributed by atoms with E-state index in [4.69, 9.17) is 14.2 Å². The van der Waals surface area contributed by atoms with Crippen molar-refractivity contribution in [2.75, 3.05) is 13.7 Å². The predicted octanol–water partition coefficient (Wildman–Crippen LogP) is 1.28. The molecule has 0 aromatic heterocycles. The molecule has 132 valence electrons. The molecule has 1 N–H and O–H groups in total. The molecule has 2 bridgehead atoms. The van der Waals surface area contributed by atoms with Crippen LogP contribution in [0.3, 0.4) is 0 Å². The Morgan fingerprint density at radius 3 is 2.96 bits per heavy atom. The molecule has 0 unspecified atom stereocenters. The zero-order valence-corrected chi connectivity index (χ0v) is 14.4. The number of hydrogen-bond donors (Lipinski definition) is 1. The molecule has 1 aromatic carbocycles. The fourth-order valence-corrected chi connectivity index (χ4v) is 5.82. The SMILES string of the molecule is COc1ccc2c3c1O[C@H]1C(=O)CC[C@@]4(OC(C)=O)[C@@H](C2)NCC[C@]314. The second kappa shape index (κ2) is 4.75. The molecule has 2 aliphatic carbocycles. The topological polar surface area (TPSA) is 73.9 Å². The van der Waals surface area contributed by atoms with Crippen LogP contribution in [0.15, 0.2) is 12.1 Å². The average Bonchev–Trinajstić information content (AvgIpc) is 2.92. The molecule has 0 amide bonds. The molecule has 5 rings (SSSR count). The highest BCUT2D eigenvalue weighted by Gasteiger charge is 2.74. The summed E-state index contributed by atoms with van der Waals surface area (Å²) in [5.74, 6) is 1.09. The lowest BCUT2D eigenvalue weighted by atomic mass is 9.49. The van der Waals surface area contributed by atoms with Gasteiger partial charge in [0.05, 0.1) is 18.6 Å². The molecule has 4 aliphatic rings. The average molecular weight is 343 g/mol. The summed E-state index contributed by atoms with van der Waals surface area (Å²) in [4.78, 5) is 24.9. The Hall–Kier alpha value is -2.08. The first-order chi connectivity index (χ1) is 12.0. The van der Waals surface area contributed by atoms with Crippen molar-refractivity contribution in [1.29, 1.82) is 0 Å². The molecule has 6 nitrogen and oxygen atoms in total. The molecule has 6 heteroatoms. The van der Waals surface area contributed by atoms with E-state index in [9.17, 15) is 9.59 Å². The number of methoxy groups -OCH3 is 1. The standard InChI is InChI=1S/C19H21NO5/c1-10(21)25-19-6-5-12(22)17-18(19)7-8-20-14(19)9-11-3-4-13(23-2)16(24-17)15(11)18/h3-4,14,17,20H,5-9H2,1-2H3/t14-,17+,18+,19-/m1/s1. The smallest absolute Gasteiger partial charge is 0.303 e. The van der Waals surface area contributed by atoms with E-state index in [0.29, 0.717) is 30.8 Å². The number of benzene rings is 1. The van der Waals surface area contributed by atoms with Crippen molar-refractivity contribution in [3.05, 3.63) is 23.3 Å². The van der Waals surface area contributed by atoms with Crippen LogP contribution in [-0.4, -0.2) is 43.2 Å². The van der Waals surface area contributed by atoms with Crippen molar-refractivity contribution in [2.45, 2.75) is 55.8 Å². The number of carbonyl (C=O) groups excluding carboxylic acids is 2. The van der Waals surface area contributed by atoms with Crippen LogP contribution in [-0.2, 0) is 26.2 Å². The molecule has 1 spiro atoms. The van der Waals surface area contributed by atoms with Crippen LogP contribution in [0.1, 0.15) is 37.3 Å². The molecule has 25 heavy (non-hydrogen) atoms. The predicted molar refractivity (Wildman–Crippen MR) is 87.9 cm³/mol. The summed E-state index contributed by atoms with van der Waals surface area (Å²) >= 11 is 0. The molecule has 4 atom stereocenters. The van der Waals surface area contributed by atoms with E-state index in [2.05, 4.69) is 11.4 Å². The van der Waals surface area contributed by atoms with Crippen molar-refractivity contribution >= 4 is 11.8 Å². The van der Waals surface area contributed by atoms with Crippen molar-refractivity contribution in [1.82, 2.24) is 5.32 Å². The summed E-state index contributed by atoms with van der Waals surface area (Å²) in [5, 5.41) is 3.54. The summed E-state index contributed by atoms with van der Waals surface area (Å²) in [6.45, 7) is 2.22. The molecular formula is C19H21NO5. The Morgan fingerprint density at radius 2 is 2.20 bits per heavy atom. The minimum absolute atomic E-state index is 0.00352. The van der Waals surface area contributed by atoms with Crippen LogP contribution in [0.25, 0.3) is 0 Å². The van der Waals surface area contributed by atoms with Crippen LogP contribution < -0.4 is 14.8 Å². The van der Waals surface area contributed by atoms with Gasteiger partial charge in [-0.2, -0.15) is 0 Å². The molecule has 2 fully saturated rings. The summed E-state index contributed by atoms with van der Waals surface area (Å²) in [7, 11) is 1.61. The summed E-state index contributed by atoms with van der Waals surface area (Å²) in [5.41, 5.74) is 0.846. The monoisotopic (exact) mass is 343 g/mol. The number of rotatable bonds is 2. The Morgan fingerprint density at radius 1 is 1.36 bits per heavy atom. The molecule has 1 saturated carbocycles. The molecule has 2 heterocycles. The molecule has 1 aromatic rings. The van der Waals surface area contributed by atoms with Gasteiger partial charge in [0.15, 0.2) is 23.4 Å². The maximum absolute atomic E-state index is 12.8. The van der Waals surface area contributed by atoms with E-state index in [-0.39, 0.29) is 17.8 Å². The van der Waals surface area contributed by atoms with Gasteiger partial charge in [0.1, 0.15) is 5.60 Å². The van der Waals surface area contributed by atoms with Crippen LogP contribution in [0.4, 0.5) is 0 Å². The summed E-state index contributed by atoms with van der Waals surface area (Å²) in [6, 6.07) is 3.96. The van der Waals surface area contributed by atoms with E-state index < -0.39 is 17.1 Å². The highest BCUT2D eigenvalue weighted by molar-refractivity contribution is 5.90. The number of hydrogen-bond acceptors (Lipinski definition) is 6. The first kappa shape index (κ1) is 15.2. The lowest BCUT2D eigenvalue weighted by Crippen LogP contribution is -2.77. The van der Waals surface area contributed by atoms with Gasteiger partial charge < -0.3 is 19.5 Å². The van der Waals surface area contributed by atoms with E-state index in [1.165, 1.54) is 6.92 Å². The number of carbonyl (C=O) groups is 2. The van der Waals surface area contributed by atoms with Gasteiger partial charge in [-0.3, -0.25) is 9.59 Å². The van der Waals surface area contributed by atoms with Gasteiger partial charge in [-0.05, 0) is 37.4 Å². The maximum Gasteiger partial charge on any atom is 0.303 e. The zero-order chi connectivity index (χ0) is 17.4. The van der Waals surface area contributed by atoms with E-state index in [1.54, 1.807) is 7.11 Å². The third-order valence-corrected chi connectivity index (χ3v) is 6.57. The number of Topliss-reactive ketones (excluding diaryl/α,β-unsaturated/α-hetero) is 1. The second-order valence-electron chi connectivity index (χ2n) is 7.51. The lowest BCUT2D eigenvalue weighted by Gasteiger charge is -2.61.